The number of nitrogens with one attached hydrogen (secondary N) is 1. The fourth-order valence-corrected chi connectivity index (χ4v) is 2.92. The first-order valence-electron chi connectivity index (χ1n) is 5.79. The van der Waals surface area contributed by atoms with Crippen molar-refractivity contribution in [2.45, 2.75) is 12.3 Å². The minimum atomic E-state index is 0.281. The summed E-state index contributed by atoms with van der Waals surface area (Å²) in [4.78, 5) is 0. The Morgan fingerprint density at radius 2 is 2.18 bits per heavy atom. The maximum Gasteiger partial charge on any atom is 0.179 e. The number of halogens is 1. The van der Waals surface area contributed by atoms with Gasteiger partial charge in [0.15, 0.2) is 11.5 Å². The molecule has 2 aliphatic heterocycles. The SMILES string of the molecule is Oc1c(C2CCNC2)cc2c(c1Br)OCCO2. The topological polar surface area (TPSA) is 50.7 Å². The van der Waals surface area contributed by atoms with Crippen LogP contribution in [0.15, 0.2) is 10.5 Å². The van der Waals surface area contributed by atoms with Crippen LogP contribution < -0.4 is 14.8 Å². The van der Waals surface area contributed by atoms with Gasteiger partial charge in [-0.05, 0) is 35.0 Å². The molecule has 1 unspecified atom stereocenters. The van der Waals surface area contributed by atoms with E-state index in [-0.39, 0.29) is 5.75 Å². The summed E-state index contributed by atoms with van der Waals surface area (Å²) < 4.78 is 11.7. The number of ether oxygens (including phenoxy) is 2. The molecule has 4 nitrogen and oxygen atoms in total. The number of phenols is 1. The van der Waals surface area contributed by atoms with E-state index in [9.17, 15) is 5.11 Å². The van der Waals surface area contributed by atoms with Crippen molar-refractivity contribution in [3.8, 4) is 17.2 Å². The fraction of sp³-hybridized carbons (Fsp3) is 0.500. The van der Waals surface area contributed by atoms with Gasteiger partial charge in [-0.2, -0.15) is 0 Å². The highest BCUT2D eigenvalue weighted by Gasteiger charge is 2.26. The zero-order valence-corrected chi connectivity index (χ0v) is 10.9. The largest absolute Gasteiger partial charge is 0.506 e. The summed E-state index contributed by atoms with van der Waals surface area (Å²) in [5.41, 5.74) is 0.936. The third-order valence-electron chi connectivity index (χ3n) is 3.28. The predicted octanol–water partition coefficient (Wildman–Crippen LogP) is 2.00. The van der Waals surface area contributed by atoms with Crippen molar-refractivity contribution >= 4 is 15.9 Å². The van der Waals surface area contributed by atoms with Gasteiger partial charge in [0.25, 0.3) is 0 Å². The van der Waals surface area contributed by atoms with Crippen LogP contribution in [0.25, 0.3) is 0 Å². The number of aromatic hydroxyl groups is 1. The summed E-state index contributed by atoms with van der Waals surface area (Å²) in [6.45, 7) is 2.98. The lowest BCUT2D eigenvalue weighted by Crippen LogP contribution is -2.16. The quantitative estimate of drug-likeness (QED) is 0.833. The Balaban J connectivity index is 2.06. The third kappa shape index (κ3) is 1.87. The predicted molar refractivity (Wildman–Crippen MR) is 67.0 cm³/mol. The molecule has 1 atom stereocenters. The summed E-state index contributed by atoms with van der Waals surface area (Å²) in [5.74, 6) is 1.97. The van der Waals surface area contributed by atoms with Crippen molar-refractivity contribution in [3.63, 3.8) is 0 Å². The highest BCUT2D eigenvalue weighted by atomic mass is 79.9. The summed E-state index contributed by atoms with van der Waals surface area (Å²) >= 11 is 3.39. The lowest BCUT2D eigenvalue weighted by Gasteiger charge is -2.23. The number of rotatable bonds is 1. The molecule has 1 aromatic carbocycles. The van der Waals surface area contributed by atoms with Crippen molar-refractivity contribution in [1.29, 1.82) is 0 Å². The highest BCUT2D eigenvalue weighted by molar-refractivity contribution is 9.10. The molecular formula is C12H14BrNO3. The molecule has 0 spiro atoms. The minimum absolute atomic E-state index is 0.281. The number of fused-ring (bicyclic) bond motifs is 1. The summed E-state index contributed by atoms with van der Waals surface area (Å²) in [5, 5.41) is 13.5. The normalized spacial score (nSPS) is 22.8. The van der Waals surface area contributed by atoms with Crippen LogP contribution in [0.2, 0.25) is 0 Å². The maximum atomic E-state index is 10.2. The van der Waals surface area contributed by atoms with E-state index in [1.807, 2.05) is 6.07 Å². The molecule has 1 saturated heterocycles. The van der Waals surface area contributed by atoms with Crippen LogP contribution in [-0.2, 0) is 0 Å². The molecule has 2 heterocycles. The molecule has 5 heteroatoms. The Hall–Kier alpha value is -0.940. The van der Waals surface area contributed by atoms with Crippen LogP contribution in [0, 0.1) is 0 Å². The molecule has 17 heavy (non-hydrogen) atoms. The first-order valence-corrected chi connectivity index (χ1v) is 6.58. The second-order valence-corrected chi connectivity index (χ2v) is 5.14. The zero-order valence-electron chi connectivity index (χ0n) is 9.33. The molecule has 2 N–H and O–H groups in total. The Bertz CT molecular complexity index is 444. The van der Waals surface area contributed by atoms with Gasteiger partial charge in [0.2, 0.25) is 0 Å². The molecule has 0 aliphatic carbocycles. The molecular weight excluding hydrogens is 286 g/mol. The highest BCUT2D eigenvalue weighted by Crippen LogP contribution is 2.47. The van der Waals surface area contributed by atoms with Crippen molar-refractivity contribution < 1.29 is 14.6 Å². The smallest absolute Gasteiger partial charge is 0.179 e. The lowest BCUT2D eigenvalue weighted by atomic mass is 9.97. The van der Waals surface area contributed by atoms with Crippen LogP contribution in [0.3, 0.4) is 0 Å². The molecule has 0 amide bonds. The first-order chi connectivity index (χ1) is 8.27. The molecule has 0 saturated carbocycles. The lowest BCUT2D eigenvalue weighted by molar-refractivity contribution is 0.169. The molecule has 0 bridgehead atoms. The van der Waals surface area contributed by atoms with Crippen LogP contribution in [0.4, 0.5) is 0 Å². The Labute approximate surface area is 108 Å². The maximum absolute atomic E-state index is 10.2. The van der Waals surface area contributed by atoms with Crippen molar-refractivity contribution in [2.75, 3.05) is 26.3 Å². The summed E-state index contributed by atoms with van der Waals surface area (Å²) in [6.07, 6.45) is 1.04. The van der Waals surface area contributed by atoms with E-state index in [1.54, 1.807) is 0 Å². The summed E-state index contributed by atoms with van der Waals surface area (Å²) in [7, 11) is 0. The average molecular weight is 300 g/mol. The molecule has 1 aromatic rings. The van der Waals surface area contributed by atoms with E-state index in [2.05, 4.69) is 21.2 Å². The average Bonchev–Trinajstić information content (AvgIpc) is 2.87. The minimum Gasteiger partial charge on any atom is -0.506 e. The van der Waals surface area contributed by atoms with Gasteiger partial charge in [-0.25, -0.2) is 0 Å². The van der Waals surface area contributed by atoms with Gasteiger partial charge in [-0.1, -0.05) is 0 Å². The van der Waals surface area contributed by atoms with Crippen LogP contribution >= 0.6 is 15.9 Å². The van der Waals surface area contributed by atoms with Gasteiger partial charge in [0.1, 0.15) is 23.4 Å². The molecule has 3 rings (SSSR count). The van der Waals surface area contributed by atoms with Crippen molar-refractivity contribution in [1.82, 2.24) is 5.32 Å². The second kappa shape index (κ2) is 4.38. The number of phenolic OH excluding ortho intramolecular Hbond substituents is 1. The van der Waals surface area contributed by atoms with Gasteiger partial charge in [-0.3, -0.25) is 0 Å². The molecule has 0 radical (unpaired) electrons. The fourth-order valence-electron chi connectivity index (χ4n) is 2.39. The molecule has 92 valence electrons. The Morgan fingerprint density at radius 1 is 1.35 bits per heavy atom. The van der Waals surface area contributed by atoms with Gasteiger partial charge in [0, 0.05) is 18.0 Å². The van der Waals surface area contributed by atoms with E-state index >= 15 is 0 Å². The van der Waals surface area contributed by atoms with Gasteiger partial charge in [-0.15, -0.1) is 0 Å². The van der Waals surface area contributed by atoms with Crippen molar-refractivity contribution in [2.24, 2.45) is 0 Å². The van der Waals surface area contributed by atoms with E-state index in [0.29, 0.717) is 29.4 Å². The monoisotopic (exact) mass is 299 g/mol. The molecule has 0 aromatic heterocycles. The van der Waals surface area contributed by atoms with E-state index in [0.717, 1.165) is 30.8 Å². The Morgan fingerprint density at radius 3 is 2.94 bits per heavy atom. The number of benzene rings is 1. The van der Waals surface area contributed by atoms with Crippen LogP contribution in [0.5, 0.6) is 17.2 Å². The van der Waals surface area contributed by atoms with Gasteiger partial charge >= 0.3 is 0 Å². The second-order valence-electron chi connectivity index (χ2n) is 4.34. The van der Waals surface area contributed by atoms with E-state index in [1.165, 1.54) is 0 Å². The van der Waals surface area contributed by atoms with Gasteiger partial charge in [0.05, 0.1) is 0 Å². The number of hydrogen-bond donors (Lipinski definition) is 2. The van der Waals surface area contributed by atoms with Crippen LogP contribution in [-0.4, -0.2) is 31.4 Å². The number of hydrogen-bond acceptors (Lipinski definition) is 4. The first kappa shape index (κ1) is 11.2. The molecule has 1 fully saturated rings. The summed E-state index contributed by atoms with van der Waals surface area (Å²) in [6, 6.07) is 1.91. The zero-order chi connectivity index (χ0) is 11.8. The van der Waals surface area contributed by atoms with Crippen LogP contribution in [0.1, 0.15) is 17.9 Å². The van der Waals surface area contributed by atoms with E-state index < -0.39 is 0 Å². The third-order valence-corrected chi connectivity index (χ3v) is 4.01. The standard InChI is InChI=1S/C12H14BrNO3/c13-10-11(15)8(7-1-2-14-6-7)5-9-12(10)17-4-3-16-9/h5,7,14-15H,1-4,6H2. The Kier molecular flexibility index (Phi) is 2.88. The van der Waals surface area contributed by atoms with Crippen molar-refractivity contribution in [3.05, 3.63) is 16.1 Å². The van der Waals surface area contributed by atoms with E-state index in [4.69, 9.17) is 9.47 Å². The molecule has 2 aliphatic rings. The van der Waals surface area contributed by atoms with Gasteiger partial charge < -0.3 is 19.9 Å².